The van der Waals surface area contributed by atoms with Crippen molar-refractivity contribution in [3.8, 4) is 0 Å². The van der Waals surface area contributed by atoms with E-state index in [2.05, 4.69) is 32.8 Å². The summed E-state index contributed by atoms with van der Waals surface area (Å²) >= 11 is 0. The maximum atomic E-state index is 11.8. The topological polar surface area (TPSA) is 96.7 Å². The predicted molar refractivity (Wildman–Crippen MR) is 104 cm³/mol. The van der Waals surface area contributed by atoms with Gasteiger partial charge in [0.25, 0.3) is 0 Å². The van der Waals surface area contributed by atoms with Gasteiger partial charge in [-0.2, -0.15) is 0 Å². The number of aromatic nitrogens is 1. The molecule has 2 N–H and O–H groups in total. The molecule has 28 heavy (non-hydrogen) atoms. The summed E-state index contributed by atoms with van der Waals surface area (Å²) in [7, 11) is 0. The van der Waals surface area contributed by atoms with Gasteiger partial charge >= 0.3 is 11.8 Å². The van der Waals surface area contributed by atoms with E-state index in [1.807, 2.05) is 18.2 Å². The molecule has 0 saturated carbocycles. The fraction of sp³-hybridized carbons (Fsp3) is 0.450. The van der Waals surface area contributed by atoms with Crippen LogP contribution in [0.3, 0.4) is 0 Å². The number of nitrogens with zero attached hydrogens (tertiary/aromatic N) is 2. The third kappa shape index (κ3) is 5.90. The third-order valence-corrected chi connectivity index (χ3v) is 4.58. The second-order valence-electron chi connectivity index (χ2n) is 6.81. The Kier molecular flexibility index (Phi) is 7.16. The van der Waals surface area contributed by atoms with Crippen molar-refractivity contribution in [1.82, 2.24) is 15.4 Å². The van der Waals surface area contributed by atoms with Crippen molar-refractivity contribution in [2.24, 2.45) is 0 Å². The summed E-state index contributed by atoms with van der Waals surface area (Å²) in [5.41, 5.74) is 1.20. The van der Waals surface area contributed by atoms with E-state index in [9.17, 15) is 9.59 Å². The summed E-state index contributed by atoms with van der Waals surface area (Å²) in [5.74, 6) is -0.616. The van der Waals surface area contributed by atoms with Gasteiger partial charge < -0.3 is 14.6 Å². The first-order valence-corrected chi connectivity index (χ1v) is 9.53. The Morgan fingerprint density at radius 2 is 2.04 bits per heavy atom. The Hall–Kier alpha value is -2.71. The Bertz CT molecular complexity index is 778. The van der Waals surface area contributed by atoms with Crippen molar-refractivity contribution in [1.29, 1.82) is 0 Å². The highest BCUT2D eigenvalue weighted by molar-refractivity contribution is 6.39. The number of carbonyl (C=O) groups excluding carboxylic acids is 2. The van der Waals surface area contributed by atoms with Gasteiger partial charge in [-0.15, -0.1) is 0 Å². The van der Waals surface area contributed by atoms with Crippen LogP contribution >= 0.6 is 0 Å². The zero-order chi connectivity index (χ0) is 19.8. The molecule has 1 aromatic heterocycles. The maximum absolute atomic E-state index is 11.8. The molecule has 1 atom stereocenters. The highest BCUT2D eigenvalue weighted by Gasteiger charge is 2.21. The van der Waals surface area contributed by atoms with Crippen molar-refractivity contribution in [2.45, 2.75) is 25.9 Å². The molecular weight excluding hydrogens is 360 g/mol. The van der Waals surface area contributed by atoms with Gasteiger partial charge in [0.15, 0.2) is 5.82 Å². The maximum Gasteiger partial charge on any atom is 0.314 e. The van der Waals surface area contributed by atoms with Crippen LogP contribution in [0.1, 0.15) is 30.3 Å². The van der Waals surface area contributed by atoms with E-state index in [4.69, 9.17) is 9.26 Å². The monoisotopic (exact) mass is 386 g/mol. The Morgan fingerprint density at radius 1 is 1.21 bits per heavy atom. The second kappa shape index (κ2) is 10.0. The smallest absolute Gasteiger partial charge is 0.314 e. The molecule has 0 unspecified atom stereocenters. The van der Waals surface area contributed by atoms with Crippen LogP contribution in [-0.2, 0) is 14.3 Å². The molecule has 2 heterocycles. The molecule has 2 amide bonds. The molecule has 1 aliphatic rings. The van der Waals surface area contributed by atoms with Gasteiger partial charge in [-0.25, -0.2) is 0 Å². The molecule has 3 rings (SSSR count). The van der Waals surface area contributed by atoms with E-state index < -0.39 is 11.8 Å². The Labute approximate surface area is 164 Å². The lowest BCUT2D eigenvalue weighted by atomic mass is 10.1. The van der Waals surface area contributed by atoms with E-state index in [0.29, 0.717) is 12.3 Å². The zero-order valence-corrected chi connectivity index (χ0v) is 16.0. The summed E-state index contributed by atoms with van der Waals surface area (Å²) in [4.78, 5) is 26.0. The van der Waals surface area contributed by atoms with Crippen LogP contribution in [0.5, 0.6) is 0 Å². The summed E-state index contributed by atoms with van der Waals surface area (Å²) in [6.07, 6.45) is 1.85. The molecule has 0 radical (unpaired) electrons. The predicted octanol–water partition coefficient (Wildman–Crippen LogP) is 1.89. The molecule has 2 aromatic rings. The molecule has 1 saturated heterocycles. The SMILES string of the molecule is Cc1cc(NC(=O)C(=O)NCCCCN2CCO[C@H](c3ccccc3)C2)no1. The second-order valence-corrected chi connectivity index (χ2v) is 6.81. The van der Waals surface area contributed by atoms with Crippen LogP contribution in [0.2, 0.25) is 0 Å². The number of rotatable bonds is 7. The van der Waals surface area contributed by atoms with Crippen LogP contribution in [0.15, 0.2) is 40.9 Å². The van der Waals surface area contributed by atoms with Crippen LogP contribution < -0.4 is 10.6 Å². The van der Waals surface area contributed by atoms with E-state index >= 15 is 0 Å². The number of hydrogen-bond donors (Lipinski definition) is 2. The lowest BCUT2D eigenvalue weighted by molar-refractivity contribution is -0.136. The zero-order valence-electron chi connectivity index (χ0n) is 16.0. The highest BCUT2D eigenvalue weighted by atomic mass is 16.5. The Morgan fingerprint density at radius 3 is 2.79 bits per heavy atom. The molecular formula is C20H26N4O4. The van der Waals surface area contributed by atoms with Gasteiger partial charge in [-0.1, -0.05) is 35.5 Å². The van der Waals surface area contributed by atoms with Crippen molar-refractivity contribution in [3.05, 3.63) is 47.7 Å². The minimum absolute atomic E-state index is 0.110. The molecule has 0 bridgehead atoms. The van der Waals surface area contributed by atoms with Gasteiger partial charge in [-0.05, 0) is 31.9 Å². The number of benzene rings is 1. The standard InChI is InChI=1S/C20H26N4O4/c1-15-13-18(23-28-15)22-20(26)19(25)21-9-5-6-10-24-11-12-27-17(14-24)16-7-3-2-4-8-16/h2-4,7-8,13,17H,5-6,9-12,14H2,1H3,(H,21,25)(H,22,23,26)/t17-/m0/s1. The average Bonchev–Trinajstić information content (AvgIpc) is 3.13. The summed E-state index contributed by atoms with van der Waals surface area (Å²) in [5, 5.41) is 8.65. The largest absolute Gasteiger partial charge is 0.371 e. The summed E-state index contributed by atoms with van der Waals surface area (Å²) in [6, 6.07) is 11.8. The number of anilines is 1. The molecule has 0 spiro atoms. The number of nitrogens with one attached hydrogen (secondary N) is 2. The molecule has 1 fully saturated rings. The normalized spacial score (nSPS) is 17.2. The number of amides is 2. The van der Waals surface area contributed by atoms with E-state index in [-0.39, 0.29) is 11.9 Å². The van der Waals surface area contributed by atoms with E-state index in [1.165, 1.54) is 5.56 Å². The van der Waals surface area contributed by atoms with Gasteiger partial charge in [0, 0.05) is 25.7 Å². The molecule has 1 aliphatic heterocycles. The minimum atomic E-state index is -0.743. The molecule has 1 aromatic carbocycles. The van der Waals surface area contributed by atoms with Crippen molar-refractivity contribution in [2.75, 3.05) is 38.1 Å². The van der Waals surface area contributed by atoms with Gasteiger partial charge in [-0.3, -0.25) is 19.8 Å². The first kappa shape index (κ1) is 20.0. The number of unbranched alkanes of at least 4 members (excludes halogenated alkanes) is 1. The number of carbonyl (C=O) groups is 2. The van der Waals surface area contributed by atoms with Gasteiger partial charge in [0.1, 0.15) is 5.76 Å². The Balaban J connectivity index is 1.31. The van der Waals surface area contributed by atoms with E-state index in [0.717, 1.165) is 39.1 Å². The highest BCUT2D eigenvalue weighted by Crippen LogP contribution is 2.21. The van der Waals surface area contributed by atoms with Crippen LogP contribution in [0.25, 0.3) is 0 Å². The first-order chi connectivity index (χ1) is 13.6. The lowest BCUT2D eigenvalue weighted by Gasteiger charge is -2.33. The van der Waals surface area contributed by atoms with Crippen LogP contribution in [0.4, 0.5) is 5.82 Å². The fourth-order valence-corrected chi connectivity index (χ4v) is 3.12. The summed E-state index contributed by atoms with van der Waals surface area (Å²) < 4.78 is 10.7. The number of ether oxygens (including phenoxy) is 1. The molecule has 8 nitrogen and oxygen atoms in total. The average molecular weight is 386 g/mol. The minimum Gasteiger partial charge on any atom is -0.371 e. The number of aryl methyl sites for hydroxylation is 1. The number of morpholine rings is 1. The van der Waals surface area contributed by atoms with E-state index in [1.54, 1.807) is 13.0 Å². The van der Waals surface area contributed by atoms with Crippen molar-refractivity contribution in [3.63, 3.8) is 0 Å². The van der Waals surface area contributed by atoms with Crippen molar-refractivity contribution < 1.29 is 18.8 Å². The van der Waals surface area contributed by atoms with Crippen LogP contribution in [-0.4, -0.2) is 54.7 Å². The lowest BCUT2D eigenvalue weighted by Crippen LogP contribution is -2.39. The molecule has 8 heteroatoms. The van der Waals surface area contributed by atoms with Crippen LogP contribution in [0, 0.1) is 6.92 Å². The summed E-state index contributed by atoms with van der Waals surface area (Å²) in [6.45, 7) is 5.60. The van der Waals surface area contributed by atoms with Gasteiger partial charge in [0.05, 0.1) is 12.7 Å². The fourth-order valence-electron chi connectivity index (χ4n) is 3.12. The third-order valence-electron chi connectivity index (χ3n) is 4.58. The first-order valence-electron chi connectivity index (χ1n) is 9.53. The van der Waals surface area contributed by atoms with Crippen molar-refractivity contribution >= 4 is 17.6 Å². The number of hydrogen-bond acceptors (Lipinski definition) is 6. The van der Waals surface area contributed by atoms with Gasteiger partial charge in [0.2, 0.25) is 0 Å². The quantitative estimate of drug-likeness (QED) is 0.557. The molecule has 150 valence electrons. The molecule has 0 aliphatic carbocycles.